The fraction of sp³-hybridized carbons (Fsp3) is 0.526. The Kier molecular flexibility index (Phi) is 5.44. The Hall–Kier alpha value is -2.57. The van der Waals surface area contributed by atoms with Crippen LogP contribution in [0.1, 0.15) is 48.4 Å². The van der Waals surface area contributed by atoms with Gasteiger partial charge in [0.05, 0.1) is 12.3 Å². The third-order valence-electron chi connectivity index (χ3n) is 4.82. The highest BCUT2D eigenvalue weighted by atomic mass is 16.6. The number of pyridine rings is 1. The number of amides is 2. The first-order valence-corrected chi connectivity index (χ1v) is 9.24. The van der Waals surface area contributed by atoms with E-state index in [9.17, 15) is 9.59 Å². The summed E-state index contributed by atoms with van der Waals surface area (Å²) in [5, 5.41) is 3.12. The Morgan fingerprint density at radius 2 is 2.04 bits per heavy atom. The Balaban J connectivity index is 1.71. The quantitative estimate of drug-likeness (QED) is 0.911. The van der Waals surface area contributed by atoms with Crippen molar-refractivity contribution >= 4 is 17.6 Å². The number of ether oxygens (including phenoxy) is 1. The predicted molar refractivity (Wildman–Crippen MR) is 98.4 cm³/mol. The topological polar surface area (TPSA) is 75.9 Å². The summed E-state index contributed by atoms with van der Waals surface area (Å²) in [6.07, 6.45) is 3.75. The number of carbonyl (C=O) groups is 2. The van der Waals surface area contributed by atoms with Gasteiger partial charge in [-0.25, -0.2) is 9.78 Å². The number of fused-ring (bicyclic) bond motifs is 1. The van der Waals surface area contributed by atoms with Gasteiger partial charge >= 0.3 is 6.09 Å². The zero-order valence-corrected chi connectivity index (χ0v) is 15.6. The van der Waals surface area contributed by atoms with E-state index >= 15 is 0 Å². The van der Waals surface area contributed by atoms with Gasteiger partial charge in [-0.2, -0.15) is 0 Å². The van der Waals surface area contributed by atoms with E-state index < -0.39 is 0 Å². The molecule has 0 spiro atoms. The normalized spacial score (nSPS) is 15.3. The van der Waals surface area contributed by atoms with E-state index in [-0.39, 0.29) is 18.0 Å². The molecule has 1 aliphatic rings. The second-order valence-corrected chi connectivity index (χ2v) is 6.58. The van der Waals surface area contributed by atoms with Crippen LogP contribution in [0.3, 0.4) is 0 Å². The Labute approximate surface area is 153 Å². The van der Waals surface area contributed by atoms with Crippen molar-refractivity contribution in [1.29, 1.82) is 0 Å². The van der Waals surface area contributed by atoms with Crippen molar-refractivity contribution < 1.29 is 14.3 Å². The minimum Gasteiger partial charge on any atom is -0.450 e. The largest absolute Gasteiger partial charge is 0.450 e. The molecule has 7 nitrogen and oxygen atoms in total. The van der Waals surface area contributed by atoms with E-state index in [2.05, 4.69) is 10.3 Å². The third-order valence-corrected chi connectivity index (χ3v) is 4.82. The number of imidazole rings is 1. The molecule has 0 bridgehead atoms. The molecule has 0 atom stereocenters. The van der Waals surface area contributed by atoms with Gasteiger partial charge in [0.15, 0.2) is 0 Å². The molecule has 1 saturated heterocycles. The van der Waals surface area contributed by atoms with Crippen LogP contribution in [0, 0.1) is 6.92 Å². The lowest BCUT2D eigenvalue weighted by Crippen LogP contribution is -2.47. The summed E-state index contributed by atoms with van der Waals surface area (Å²) >= 11 is 0. The number of nitrogens with zero attached hydrogens (tertiary/aromatic N) is 3. The molecule has 26 heavy (non-hydrogen) atoms. The summed E-state index contributed by atoms with van der Waals surface area (Å²) in [5.41, 5.74) is 3.29. The molecule has 1 N–H and O–H groups in total. The second-order valence-electron chi connectivity index (χ2n) is 6.58. The predicted octanol–water partition coefficient (Wildman–Crippen LogP) is 2.56. The van der Waals surface area contributed by atoms with E-state index in [4.69, 9.17) is 4.74 Å². The minimum atomic E-state index is -0.275. The molecule has 2 amide bonds. The summed E-state index contributed by atoms with van der Waals surface area (Å²) in [6, 6.07) is 3.97. The van der Waals surface area contributed by atoms with Crippen LogP contribution in [-0.2, 0) is 11.2 Å². The highest BCUT2D eigenvalue weighted by Gasteiger charge is 2.26. The summed E-state index contributed by atoms with van der Waals surface area (Å²) < 4.78 is 6.91. The lowest BCUT2D eigenvalue weighted by Gasteiger charge is -2.31. The number of hydrogen-bond donors (Lipinski definition) is 1. The molecule has 1 aliphatic heterocycles. The first-order chi connectivity index (χ1) is 12.5. The van der Waals surface area contributed by atoms with Crippen LogP contribution in [0.5, 0.6) is 0 Å². The van der Waals surface area contributed by atoms with Crippen LogP contribution in [0.15, 0.2) is 18.3 Å². The van der Waals surface area contributed by atoms with E-state index in [0.717, 1.165) is 29.7 Å². The van der Waals surface area contributed by atoms with Crippen molar-refractivity contribution in [2.24, 2.45) is 0 Å². The zero-order valence-electron chi connectivity index (χ0n) is 15.6. The lowest BCUT2D eigenvalue weighted by atomic mass is 10.1. The fourth-order valence-electron chi connectivity index (χ4n) is 3.41. The molecular weight excluding hydrogens is 332 g/mol. The monoisotopic (exact) mass is 358 g/mol. The van der Waals surface area contributed by atoms with Crippen LogP contribution in [0.4, 0.5) is 4.79 Å². The number of aryl methyl sites for hydroxylation is 2. The first kappa shape index (κ1) is 18.2. The standard InChI is InChI=1S/C19H26N4O3/c1-4-15-16(23-10-6-7-13(3)17(23)21-15)18(24)20-14-8-11-22(12-9-14)19(25)26-5-2/h6-7,10,14H,4-5,8-9,11-12H2,1-3H3,(H,20,24). The van der Waals surface area contributed by atoms with Gasteiger partial charge in [0.2, 0.25) is 0 Å². The molecule has 2 aromatic rings. The van der Waals surface area contributed by atoms with Crippen molar-refractivity contribution in [1.82, 2.24) is 19.6 Å². The van der Waals surface area contributed by atoms with Gasteiger partial charge in [0, 0.05) is 25.3 Å². The highest BCUT2D eigenvalue weighted by molar-refractivity contribution is 5.95. The number of hydrogen-bond acceptors (Lipinski definition) is 4. The van der Waals surface area contributed by atoms with E-state index in [0.29, 0.717) is 31.8 Å². The van der Waals surface area contributed by atoms with Gasteiger partial charge in [-0.1, -0.05) is 13.0 Å². The Morgan fingerprint density at radius 3 is 2.69 bits per heavy atom. The molecule has 140 valence electrons. The summed E-state index contributed by atoms with van der Waals surface area (Å²) in [7, 11) is 0. The van der Waals surface area contributed by atoms with Crippen LogP contribution >= 0.6 is 0 Å². The average molecular weight is 358 g/mol. The van der Waals surface area contributed by atoms with Gasteiger partial charge in [-0.05, 0) is 44.7 Å². The van der Waals surface area contributed by atoms with Crippen molar-refractivity contribution in [3.63, 3.8) is 0 Å². The molecule has 2 aromatic heterocycles. The molecule has 0 aromatic carbocycles. The summed E-state index contributed by atoms with van der Waals surface area (Å²) in [5.74, 6) is -0.102. The van der Waals surface area contributed by atoms with Gasteiger partial charge < -0.3 is 15.0 Å². The van der Waals surface area contributed by atoms with Crippen LogP contribution in [-0.4, -0.2) is 52.0 Å². The van der Waals surface area contributed by atoms with Gasteiger partial charge in [0.25, 0.3) is 5.91 Å². The molecule has 3 rings (SSSR count). The van der Waals surface area contributed by atoms with Crippen LogP contribution in [0.25, 0.3) is 5.65 Å². The van der Waals surface area contributed by atoms with Crippen molar-refractivity contribution in [3.8, 4) is 0 Å². The summed E-state index contributed by atoms with van der Waals surface area (Å²) in [4.78, 5) is 31.0. The molecule has 1 fully saturated rings. The maximum atomic E-state index is 12.9. The maximum absolute atomic E-state index is 12.9. The molecular formula is C19H26N4O3. The number of aromatic nitrogens is 2. The number of likely N-dealkylation sites (tertiary alicyclic amines) is 1. The molecule has 7 heteroatoms. The minimum absolute atomic E-state index is 0.0493. The fourth-order valence-corrected chi connectivity index (χ4v) is 3.41. The Bertz CT molecular complexity index is 806. The first-order valence-electron chi connectivity index (χ1n) is 9.24. The number of carbonyl (C=O) groups excluding carboxylic acids is 2. The number of rotatable bonds is 4. The highest BCUT2D eigenvalue weighted by Crippen LogP contribution is 2.18. The number of piperidine rings is 1. The molecule has 0 aliphatic carbocycles. The molecule has 0 radical (unpaired) electrons. The smallest absolute Gasteiger partial charge is 0.409 e. The lowest BCUT2D eigenvalue weighted by molar-refractivity contribution is 0.0855. The average Bonchev–Trinajstić information content (AvgIpc) is 3.02. The zero-order chi connectivity index (χ0) is 18.7. The van der Waals surface area contributed by atoms with Gasteiger partial charge in [-0.3, -0.25) is 9.20 Å². The van der Waals surface area contributed by atoms with Crippen LogP contribution < -0.4 is 5.32 Å². The number of nitrogens with one attached hydrogen (secondary N) is 1. The molecule has 0 saturated carbocycles. The van der Waals surface area contributed by atoms with Crippen molar-refractivity contribution in [3.05, 3.63) is 35.3 Å². The molecule has 3 heterocycles. The van der Waals surface area contributed by atoms with Gasteiger partial charge in [0.1, 0.15) is 11.3 Å². The molecule has 0 unspecified atom stereocenters. The van der Waals surface area contributed by atoms with Crippen LogP contribution in [0.2, 0.25) is 0 Å². The Morgan fingerprint density at radius 1 is 1.31 bits per heavy atom. The maximum Gasteiger partial charge on any atom is 0.409 e. The van der Waals surface area contributed by atoms with Gasteiger partial charge in [-0.15, -0.1) is 0 Å². The SMILES string of the molecule is CCOC(=O)N1CCC(NC(=O)c2c(CC)nc3c(C)cccn23)CC1. The van der Waals surface area contributed by atoms with E-state index in [1.807, 2.05) is 36.6 Å². The van der Waals surface area contributed by atoms with E-state index in [1.54, 1.807) is 11.8 Å². The summed E-state index contributed by atoms with van der Waals surface area (Å²) in [6.45, 7) is 7.37. The van der Waals surface area contributed by atoms with Crippen molar-refractivity contribution in [2.75, 3.05) is 19.7 Å². The van der Waals surface area contributed by atoms with Crippen molar-refractivity contribution in [2.45, 2.75) is 46.1 Å². The second kappa shape index (κ2) is 7.76. The third kappa shape index (κ3) is 3.52. The van der Waals surface area contributed by atoms with E-state index in [1.165, 1.54) is 0 Å².